The average molecular weight is 359 g/mol. The number of ether oxygens (including phenoxy) is 1. The first-order valence-electron chi connectivity index (χ1n) is 8.70. The van der Waals surface area contributed by atoms with E-state index in [4.69, 9.17) is 4.74 Å². The van der Waals surface area contributed by atoms with E-state index in [1.807, 2.05) is 25.1 Å². The highest BCUT2D eigenvalue weighted by Gasteiger charge is 2.31. The highest BCUT2D eigenvalue weighted by atomic mass is 16.5. The van der Waals surface area contributed by atoms with E-state index in [0.717, 1.165) is 23.9 Å². The van der Waals surface area contributed by atoms with Crippen molar-refractivity contribution < 1.29 is 15.8 Å². The number of aryl methyl sites for hydroxylation is 2. The van der Waals surface area contributed by atoms with Gasteiger partial charge in [0.05, 0.1) is 23.4 Å². The van der Waals surface area contributed by atoms with Crippen LogP contribution in [0.3, 0.4) is 0 Å². The van der Waals surface area contributed by atoms with Gasteiger partial charge in [-0.1, -0.05) is 12.6 Å². The van der Waals surface area contributed by atoms with Crippen molar-refractivity contribution in [2.45, 2.75) is 38.6 Å². The van der Waals surface area contributed by atoms with Gasteiger partial charge in [-0.25, -0.2) is 4.79 Å². The molecule has 26 heavy (non-hydrogen) atoms. The van der Waals surface area contributed by atoms with Crippen LogP contribution in [-0.2, 0) is 27.8 Å². The third-order valence-corrected chi connectivity index (χ3v) is 4.63. The first kappa shape index (κ1) is 18.0. The van der Waals surface area contributed by atoms with Gasteiger partial charge in [0.2, 0.25) is 11.8 Å². The van der Waals surface area contributed by atoms with Crippen molar-refractivity contribution >= 4 is 22.8 Å². The normalized spacial score (nSPS) is 17.4. The van der Waals surface area contributed by atoms with E-state index in [1.54, 1.807) is 11.6 Å². The number of piperidine rings is 1. The highest BCUT2D eigenvalue weighted by molar-refractivity contribution is 6.00. The summed E-state index contributed by atoms with van der Waals surface area (Å²) in [5, 5.41) is 2.32. The van der Waals surface area contributed by atoms with Gasteiger partial charge in [0, 0.05) is 14.9 Å². The second-order valence-corrected chi connectivity index (χ2v) is 6.66. The molecule has 7 heteroatoms. The summed E-state index contributed by atoms with van der Waals surface area (Å²) in [6, 6.07) is 5.15. The Hall–Kier alpha value is -2.83. The summed E-state index contributed by atoms with van der Waals surface area (Å²) >= 11 is 0. The molecule has 0 aliphatic carbocycles. The van der Waals surface area contributed by atoms with E-state index in [1.165, 1.54) is 4.57 Å². The third-order valence-electron chi connectivity index (χ3n) is 4.63. The topological polar surface area (TPSA) is 82.3 Å². The number of rotatable bonds is 6. The number of amides is 2. The second-order valence-electron chi connectivity index (χ2n) is 6.66. The lowest BCUT2D eigenvalue weighted by Crippen LogP contribution is -2.44. The Morgan fingerprint density at radius 1 is 1.35 bits per heavy atom. The number of nitrogens with one attached hydrogen (secondary N) is 1. The van der Waals surface area contributed by atoms with Gasteiger partial charge in [0.15, 0.2) is 0 Å². The molecule has 1 aliphatic rings. The standard InChI is InChI=1S/C19H23N3O4.H2/c1-12(2)26-10-4-5-13-6-7-14-16(11-13)21(3)19(25)22(14)15-8-9-17(23)20-18(15)24;/h6-7,11,15H,1,4-5,8-10H2,2-3H3,(H,20,23,24);1H. The van der Waals surface area contributed by atoms with E-state index < -0.39 is 11.9 Å². The molecule has 7 nitrogen and oxygen atoms in total. The Morgan fingerprint density at radius 3 is 2.81 bits per heavy atom. The van der Waals surface area contributed by atoms with Gasteiger partial charge >= 0.3 is 5.69 Å². The molecule has 3 rings (SSSR count). The number of nitrogens with zero attached hydrogens (tertiary/aromatic N) is 2. The number of fused-ring (bicyclic) bond motifs is 1. The zero-order chi connectivity index (χ0) is 18.8. The number of hydrogen-bond acceptors (Lipinski definition) is 4. The number of imide groups is 1. The van der Waals surface area contributed by atoms with Crippen molar-refractivity contribution in [1.82, 2.24) is 14.5 Å². The maximum absolute atomic E-state index is 12.7. The van der Waals surface area contributed by atoms with Gasteiger partial charge in [0.25, 0.3) is 0 Å². The van der Waals surface area contributed by atoms with Crippen LogP contribution in [0.25, 0.3) is 11.0 Å². The summed E-state index contributed by atoms with van der Waals surface area (Å²) < 4.78 is 8.41. The summed E-state index contributed by atoms with van der Waals surface area (Å²) in [5.74, 6) is -0.0140. The molecule has 0 spiro atoms. The molecule has 0 saturated carbocycles. The lowest BCUT2D eigenvalue weighted by atomic mass is 10.1. The van der Waals surface area contributed by atoms with Gasteiger partial charge in [-0.15, -0.1) is 0 Å². The summed E-state index contributed by atoms with van der Waals surface area (Å²) in [6.07, 6.45) is 2.24. The van der Waals surface area contributed by atoms with Crippen LogP contribution in [0.15, 0.2) is 35.3 Å². The molecule has 2 heterocycles. The summed E-state index contributed by atoms with van der Waals surface area (Å²) in [4.78, 5) is 36.3. The Balaban J connectivity index is 0.00000261. The maximum Gasteiger partial charge on any atom is 0.329 e. The van der Waals surface area contributed by atoms with Crippen LogP contribution in [-0.4, -0.2) is 27.6 Å². The molecular weight excluding hydrogens is 334 g/mol. The minimum absolute atomic E-state index is 0. The number of carbonyl (C=O) groups excluding carboxylic acids is 2. The molecule has 0 radical (unpaired) electrons. The molecule has 1 fully saturated rings. The quantitative estimate of drug-likeness (QED) is 0.486. The van der Waals surface area contributed by atoms with Gasteiger partial charge in [0.1, 0.15) is 6.04 Å². The summed E-state index contributed by atoms with van der Waals surface area (Å²) in [6.45, 7) is 6.12. The molecular formula is C19H25N3O4. The van der Waals surface area contributed by atoms with Gasteiger partial charge in [-0.3, -0.25) is 24.0 Å². The van der Waals surface area contributed by atoms with Crippen molar-refractivity contribution in [2.75, 3.05) is 6.61 Å². The maximum atomic E-state index is 12.7. The fraction of sp³-hybridized carbons (Fsp3) is 0.421. The molecule has 140 valence electrons. The fourth-order valence-corrected chi connectivity index (χ4v) is 3.32. The third kappa shape index (κ3) is 3.42. The fourth-order valence-electron chi connectivity index (χ4n) is 3.32. The van der Waals surface area contributed by atoms with Crippen LogP contribution in [0, 0.1) is 0 Å². The molecule has 2 amide bonds. The van der Waals surface area contributed by atoms with Crippen LogP contribution in [0.1, 0.15) is 39.2 Å². The lowest BCUT2D eigenvalue weighted by Gasteiger charge is -2.21. The molecule has 1 unspecified atom stereocenters. The van der Waals surface area contributed by atoms with E-state index in [0.29, 0.717) is 24.3 Å². The lowest BCUT2D eigenvalue weighted by molar-refractivity contribution is -0.135. The Bertz CT molecular complexity index is 944. The minimum Gasteiger partial charge on any atom is -0.499 e. The molecule has 1 aliphatic heterocycles. The molecule has 1 N–H and O–H groups in total. The number of carbonyl (C=O) groups is 2. The zero-order valence-corrected chi connectivity index (χ0v) is 15.1. The van der Waals surface area contributed by atoms with Crippen molar-refractivity contribution in [1.29, 1.82) is 0 Å². The Morgan fingerprint density at radius 2 is 2.12 bits per heavy atom. The first-order valence-corrected chi connectivity index (χ1v) is 8.70. The van der Waals surface area contributed by atoms with Crippen molar-refractivity contribution in [2.24, 2.45) is 7.05 Å². The van der Waals surface area contributed by atoms with Gasteiger partial charge in [-0.2, -0.15) is 0 Å². The predicted molar refractivity (Wildman–Crippen MR) is 99.8 cm³/mol. The van der Waals surface area contributed by atoms with Crippen LogP contribution >= 0.6 is 0 Å². The molecule has 2 aromatic rings. The molecule has 1 aromatic carbocycles. The zero-order valence-electron chi connectivity index (χ0n) is 15.1. The second kappa shape index (κ2) is 7.19. The van der Waals surface area contributed by atoms with Crippen LogP contribution in [0.2, 0.25) is 0 Å². The summed E-state index contributed by atoms with van der Waals surface area (Å²) in [7, 11) is 1.70. The van der Waals surface area contributed by atoms with E-state index >= 15 is 0 Å². The van der Waals surface area contributed by atoms with Crippen molar-refractivity contribution in [3.63, 3.8) is 0 Å². The van der Waals surface area contributed by atoms with Crippen LogP contribution in [0.4, 0.5) is 0 Å². The SMILES string of the molecule is C=C(C)OCCCc1ccc2c(c1)n(C)c(=O)n2C1CCC(=O)NC1=O.[HH]. The monoisotopic (exact) mass is 359 g/mol. The number of imidazole rings is 1. The van der Waals surface area contributed by atoms with E-state index in [9.17, 15) is 14.4 Å². The average Bonchev–Trinajstić information content (AvgIpc) is 2.83. The van der Waals surface area contributed by atoms with Gasteiger partial charge in [-0.05, 0) is 43.9 Å². The van der Waals surface area contributed by atoms with Gasteiger partial charge < -0.3 is 4.74 Å². The van der Waals surface area contributed by atoms with Crippen LogP contribution in [0.5, 0.6) is 0 Å². The number of allylic oxidation sites excluding steroid dienone is 1. The van der Waals surface area contributed by atoms with Crippen molar-refractivity contribution in [3.8, 4) is 0 Å². The van der Waals surface area contributed by atoms with Crippen molar-refractivity contribution in [3.05, 3.63) is 46.6 Å². The minimum atomic E-state index is -0.654. The Kier molecular flexibility index (Phi) is 4.97. The molecule has 1 saturated heterocycles. The molecule has 1 atom stereocenters. The highest BCUT2D eigenvalue weighted by Crippen LogP contribution is 2.24. The Labute approximate surface area is 152 Å². The molecule has 1 aromatic heterocycles. The smallest absolute Gasteiger partial charge is 0.329 e. The number of aromatic nitrogens is 2. The van der Waals surface area contributed by atoms with E-state index in [-0.39, 0.29) is 19.4 Å². The largest absolute Gasteiger partial charge is 0.499 e. The predicted octanol–water partition coefficient (Wildman–Crippen LogP) is 2.05. The summed E-state index contributed by atoms with van der Waals surface area (Å²) in [5.41, 5.74) is 2.32. The van der Waals surface area contributed by atoms with E-state index in [2.05, 4.69) is 11.9 Å². The molecule has 0 bridgehead atoms. The first-order chi connectivity index (χ1) is 12.4. The number of benzene rings is 1. The number of hydrogen-bond donors (Lipinski definition) is 1. The van der Waals surface area contributed by atoms with Crippen LogP contribution < -0.4 is 11.0 Å².